The molecule has 1 heterocycles. The maximum atomic E-state index is 13.3. The molecule has 3 aromatic carbocycles. The number of amides is 3. The summed E-state index contributed by atoms with van der Waals surface area (Å²) in [5, 5.41) is 2.97. The SMILES string of the molecule is Cc1cc(C)cc(CN2CCCN(c3cccc(NC(=O)c4ccccc4C)c3)C2=O)c1. The summed E-state index contributed by atoms with van der Waals surface area (Å²) >= 11 is 0. The number of nitrogens with one attached hydrogen (secondary N) is 1. The highest BCUT2D eigenvalue weighted by atomic mass is 16.2. The minimum absolute atomic E-state index is 0.00205. The number of aryl methyl sites for hydroxylation is 3. The summed E-state index contributed by atoms with van der Waals surface area (Å²) in [6.45, 7) is 8.09. The lowest BCUT2D eigenvalue weighted by Crippen LogP contribution is -2.49. The van der Waals surface area contributed by atoms with Crippen LogP contribution < -0.4 is 10.2 Å². The van der Waals surface area contributed by atoms with Crippen LogP contribution in [0.3, 0.4) is 0 Å². The zero-order valence-electron chi connectivity index (χ0n) is 18.9. The third kappa shape index (κ3) is 4.83. The van der Waals surface area contributed by atoms with Crippen LogP contribution >= 0.6 is 0 Å². The fraction of sp³-hybridized carbons (Fsp3) is 0.259. The van der Waals surface area contributed by atoms with Crippen LogP contribution in [0.25, 0.3) is 0 Å². The monoisotopic (exact) mass is 427 g/mol. The van der Waals surface area contributed by atoms with Crippen LogP contribution in [-0.4, -0.2) is 29.9 Å². The fourth-order valence-corrected chi connectivity index (χ4v) is 4.33. The smallest absolute Gasteiger partial charge is 0.322 e. The number of carbonyl (C=O) groups excluding carboxylic acids is 2. The molecule has 1 aliphatic heterocycles. The van der Waals surface area contributed by atoms with Gasteiger partial charge in [-0.2, -0.15) is 0 Å². The third-order valence-electron chi connectivity index (χ3n) is 5.77. The average molecular weight is 428 g/mol. The Morgan fingerprint density at radius 3 is 2.41 bits per heavy atom. The first-order valence-corrected chi connectivity index (χ1v) is 11.0. The van der Waals surface area contributed by atoms with Crippen molar-refractivity contribution in [3.05, 3.63) is 94.5 Å². The summed E-state index contributed by atoms with van der Waals surface area (Å²) in [7, 11) is 0. The standard InChI is InChI=1S/C27H29N3O2/c1-19-14-20(2)16-22(15-19)18-29-12-7-13-30(27(29)32)24-10-6-9-23(17-24)28-26(31)25-11-5-4-8-21(25)3/h4-6,8-11,14-17H,7,12-13,18H2,1-3H3,(H,28,31). The Kier molecular flexibility index (Phi) is 6.26. The van der Waals surface area contributed by atoms with E-state index in [0.29, 0.717) is 24.3 Å². The van der Waals surface area contributed by atoms with Gasteiger partial charge in [-0.05, 0) is 62.6 Å². The number of carbonyl (C=O) groups is 2. The Morgan fingerprint density at radius 1 is 0.906 bits per heavy atom. The van der Waals surface area contributed by atoms with Crippen LogP contribution in [0.5, 0.6) is 0 Å². The first kappa shape index (κ1) is 21.6. The molecule has 164 valence electrons. The Morgan fingerprint density at radius 2 is 1.66 bits per heavy atom. The van der Waals surface area contributed by atoms with Crippen LogP contribution in [0.2, 0.25) is 0 Å². The van der Waals surface area contributed by atoms with E-state index in [0.717, 1.165) is 29.8 Å². The molecule has 4 rings (SSSR count). The largest absolute Gasteiger partial charge is 0.324 e. The van der Waals surface area contributed by atoms with E-state index in [4.69, 9.17) is 0 Å². The summed E-state index contributed by atoms with van der Waals surface area (Å²) in [5.41, 5.74) is 6.60. The van der Waals surface area contributed by atoms with Crippen molar-refractivity contribution in [1.82, 2.24) is 4.90 Å². The highest BCUT2D eigenvalue weighted by molar-refractivity contribution is 6.05. The van der Waals surface area contributed by atoms with Gasteiger partial charge in [-0.15, -0.1) is 0 Å². The molecule has 3 aromatic rings. The molecular formula is C27H29N3O2. The maximum absolute atomic E-state index is 13.3. The Hall–Kier alpha value is -3.60. The van der Waals surface area contributed by atoms with Gasteiger partial charge >= 0.3 is 6.03 Å². The minimum atomic E-state index is -0.151. The molecular weight excluding hydrogens is 398 g/mol. The van der Waals surface area contributed by atoms with Crippen molar-refractivity contribution in [3.8, 4) is 0 Å². The molecule has 0 unspecified atom stereocenters. The number of rotatable bonds is 5. The molecule has 32 heavy (non-hydrogen) atoms. The van der Waals surface area contributed by atoms with Gasteiger partial charge in [0.15, 0.2) is 0 Å². The summed E-state index contributed by atoms with van der Waals surface area (Å²) < 4.78 is 0. The van der Waals surface area contributed by atoms with Crippen LogP contribution in [0.15, 0.2) is 66.7 Å². The number of hydrogen-bond acceptors (Lipinski definition) is 2. The number of urea groups is 1. The maximum Gasteiger partial charge on any atom is 0.324 e. The van der Waals surface area contributed by atoms with Crippen molar-refractivity contribution < 1.29 is 9.59 Å². The Labute approximate surface area is 189 Å². The molecule has 0 atom stereocenters. The van der Waals surface area contributed by atoms with E-state index in [1.807, 2.05) is 60.4 Å². The molecule has 0 spiro atoms. The zero-order valence-corrected chi connectivity index (χ0v) is 18.9. The average Bonchev–Trinajstić information content (AvgIpc) is 2.75. The normalized spacial score (nSPS) is 13.9. The van der Waals surface area contributed by atoms with E-state index in [1.165, 1.54) is 11.1 Å². The second-order valence-electron chi connectivity index (χ2n) is 8.52. The topological polar surface area (TPSA) is 52.6 Å². The van der Waals surface area contributed by atoms with E-state index in [1.54, 1.807) is 4.90 Å². The summed E-state index contributed by atoms with van der Waals surface area (Å²) in [5.74, 6) is -0.151. The zero-order chi connectivity index (χ0) is 22.7. The second kappa shape index (κ2) is 9.27. The van der Waals surface area contributed by atoms with Crippen molar-refractivity contribution in [2.75, 3.05) is 23.3 Å². The van der Waals surface area contributed by atoms with Gasteiger partial charge in [0, 0.05) is 36.6 Å². The van der Waals surface area contributed by atoms with E-state index >= 15 is 0 Å². The Bertz CT molecular complexity index is 1130. The van der Waals surface area contributed by atoms with Gasteiger partial charge in [-0.1, -0.05) is 53.6 Å². The van der Waals surface area contributed by atoms with Gasteiger partial charge in [-0.25, -0.2) is 4.79 Å². The molecule has 0 aliphatic carbocycles. The lowest BCUT2D eigenvalue weighted by Gasteiger charge is -2.36. The van der Waals surface area contributed by atoms with Gasteiger partial charge in [-0.3, -0.25) is 9.69 Å². The highest BCUT2D eigenvalue weighted by Gasteiger charge is 2.27. The summed E-state index contributed by atoms with van der Waals surface area (Å²) in [6, 6.07) is 21.4. The molecule has 1 fully saturated rings. The lowest BCUT2D eigenvalue weighted by molar-refractivity contribution is 0.102. The molecule has 1 aliphatic rings. The van der Waals surface area contributed by atoms with Crippen molar-refractivity contribution in [2.24, 2.45) is 0 Å². The predicted molar refractivity (Wildman–Crippen MR) is 129 cm³/mol. The molecule has 5 heteroatoms. The van der Waals surface area contributed by atoms with Crippen molar-refractivity contribution in [1.29, 1.82) is 0 Å². The van der Waals surface area contributed by atoms with Gasteiger partial charge < -0.3 is 10.2 Å². The summed E-state index contributed by atoms with van der Waals surface area (Å²) in [6.07, 6.45) is 0.899. The molecule has 0 aromatic heterocycles. The minimum Gasteiger partial charge on any atom is -0.322 e. The predicted octanol–water partition coefficient (Wildman–Crippen LogP) is 5.70. The van der Waals surface area contributed by atoms with Crippen LogP contribution in [0.4, 0.5) is 16.2 Å². The molecule has 0 bridgehead atoms. The molecule has 3 amide bonds. The van der Waals surface area contributed by atoms with Gasteiger partial charge in [0.1, 0.15) is 0 Å². The van der Waals surface area contributed by atoms with Crippen molar-refractivity contribution in [3.63, 3.8) is 0 Å². The highest BCUT2D eigenvalue weighted by Crippen LogP contribution is 2.25. The van der Waals surface area contributed by atoms with E-state index in [2.05, 4.69) is 37.4 Å². The lowest BCUT2D eigenvalue weighted by atomic mass is 10.1. The quantitative estimate of drug-likeness (QED) is 0.568. The summed E-state index contributed by atoms with van der Waals surface area (Å²) in [4.78, 5) is 29.7. The second-order valence-corrected chi connectivity index (χ2v) is 8.52. The molecule has 5 nitrogen and oxygen atoms in total. The fourth-order valence-electron chi connectivity index (χ4n) is 4.33. The van der Waals surface area contributed by atoms with E-state index in [9.17, 15) is 9.59 Å². The van der Waals surface area contributed by atoms with E-state index < -0.39 is 0 Å². The third-order valence-corrected chi connectivity index (χ3v) is 5.77. The van der Waals surface area contributed by atoms with Gasteiger partial charge in [0.2, 0.25) is 0 Å². The molecule has 1 saturated heterocycles. The Balaban J connectivity index is 1.50. The van der Waals surface area contributed by atoms with Crippen LogP contribution in [0.1, 0.15) is 39.0 Å². The molecule has 1 N–H and O–H groups in total. The number of benzene rings is 3. The molecule has 0 saturated carbocycles. The number of anilines is 2. The molecule has 0 radical (unpaired) electrons. The number of hydrogen-bond donors (Lipinski definition) is 1. The van der Waals surface area contributed by atoms with Crippen LogP contribution in [0, 0.1) is 20.8 Å². The van der Waals surface area contributed by atoms with Crippen molar-refractivity contribution in [2.45, 2.75) is 33.7 Å². The van der Waals surface area contributed by atoms with Gasteiger partial charge in [0.05, 0.1) is 0 Å². The van der Waals surface area contributed by atoms with E-state index in [-0.39, 0.29) is 11.9 Å². The first-order chi connectivity index (χ1) is 15.4. The first-order valence-electron chi connectivity index (χ1n) is 11.0. The number of nitrogens with zero attached hydrogens (tertiary/aromatic N) is 2. The van der Waals surface area contributed by atoms with Gasteiger partial charge in [0.25, 0.3) is 5.91 Å². The van der Waals surface area contributed by atoms with Crippen LogP contribution in [-0.2, 0) is 6.54 Å². The van der Waals surface area contributed by atoms with Crippen molar-refractivity contribution >= 4 is 23.3 Å².